The molecule has 0 fully saturated rings. The van der Waals surface area contributed by atoms with Crippen LogP contribution in [0.5, 0.6) is 0 Å². The Hall–Kier alpha value is -2.28. The predicted octanol–water partition coefficient (Wildman–Crippen LogP) is 1.82. The topological polar surface area (TPSA) is 63.2 Å². The Kier molecular flexibility index (Phi) is 1.72. The van der Waals surface area contributed by atoms with E-state index in [0.29, 0.717) is 11.4 Å². The van der Waals surface area contributed by atoms with Crippen molar-refractivity contribution in [2.75, 3.05) is 0 Å². The normalized spacial score (nSPS) is 9.93. The molecule has 4 heteroatoms. The SMILES string of the molecule is [C-]#[N+]c1ccc2[nH]c(C(N)=O)cc2c1. The second-order valence-corrected chi connectivity index (χ2v) is 2.93. The van der Waals surface area contributed by atoms with Crippen molar-refractivity contribution in [3.8, 4) is 0 Å². The number of carbonyl (C=O) groups excluding carboxylic acids is 1. The van der Waals surface area contributed by atoms with E-state index >= 15 is 0 Å². The van der Waals surface area contributed by atoms with Gasteiger partial charge in [-0.05, 0) is 23.6 Å². The van der Waals surface area contributed by atoms with Gasteiger partial charge in [-0.3, -0.25) is 4.79 Å². The molecule has 1 aromatic heterocycles. The highest BCUT2D eigenvalue weighted by Crippen LogP contribution is 2.21. The predicted molar refractivity (Wildman–Crippen MR) is 53.1 cm³/mol. The summed E-state index contributed by atoms with van der Waals surface area (Å²) in [6.07, 6.45) is 0. The van der Waals surface area contributed by atoms with Crippen molar-refractivity contribution >= 4 is 22.5 Å². The number of fused-ring (bicyclic) bond motifs is 1. The van der Waals surface area contributed by atoms with E-state index in [9.17, 15) is 4.79 Å². The molecule has 14 heavy (non-hydrogen) atoms. The standard InChI is InChI=1S/C10H7N3O/c1-12-7-2-3-8-6(4-7)5-9(13-8)10(11)14/h2-5,13H,(H2,11,14). The molecule has 3 N–H and O–H groups in total. The lowest BCUT2D eigenvalue weighted by atomic mass is 10.2. The number of aromatic nitrogens is 1. The number of benzene rings is 1. The van der Waals surface area contributed by atoms with Crippen LogP contribution in [0.1, 0.15) is 10.5 Å². The minimum absolute atomic E-state index is 0.363. The summed E-state index contributed by atoms with van der Waals surface area (Å²) < 4.78 is 0. The van der Waals surface area contributed by atoms with Crippen molar-refractivity contribution in [3.63, 3.8) is 0 Å². The zero-order valence-electron chi connectivity index (χ0n) is 7.24. The van der Waals surface area contributed by atoms with Crippen LogP contribution < -0.4 is 5.73 Å². The minimum atomic E-state index is -0.495. The van der Waals surface area contributed by atoms with E-state index in [1.54, 1.807) is 24.3 Å². The van der Waals surface area contributed by atoms with Gasteiger partial charge in [0.2, 0.25) is 0 Å². The Morgan fingerprint density at radius 3 is 2.86 bits per heavy atom. The van der Waals surface area contributed by atoms with Gasteiger partial charge in [0.15, 0.2) is 5.69 Å². The van der Waals surface area contributed by atoms with Crippen LogP contribution >= 0.6 is 0 Å². The van der Waals surface area contributed by atoms with Gasteiger partial charge in [0.1, 0.15) is 5.69 Å². The number of amides is 1. The highest BCUT2D eigenvalue weighted by atomic mass is 16.1. The van der Waals surface area contributed by atoms with Crippen molar-refractivity contribution in [1.29, 1.82) is 0 Å². The zero-order valence-corrected chi connectivity index (χ0v) is 7.24. The number of hydrogen-bond donors (Lipinski definition) is 2. The number of nitrogens with two attached hydrogens (primary N) is 1. The van der Waals surface area contributed by atoms with E-state index < -0.39 is 5.91 Å². The zero-order chi connectivity index (χ0) is 10.1. The number of carbonyl (C=O) groups is 1. The highest BCUT2D eigenvalue weighted by molar-refractivity contribution is 5.97. The molecule has 0 aliphatic heterocycles. The third-order valence-corrected chi connectivity index (χ3v) is 2.00. The van der Waals surface area contributed by atoms with Gasteiger partial charge in [-0.25, -0.2) is 4.85 Å². The smallest absolute Gasteiger partial charge is 0.265 e. The van der Waals surface area contributed by atoms with Crippen LogP contribution in [0.3, 0.4) is 0 Å². The molecule has 0 saturated carbocycles. The van der Waals surface area contributed by atoms with E-state index in [1.807, 2.05) is 0 Å². The maximum atomic E-state index is 10.9. The van der Waals surface area contributed by atoms with Crippen LogP contribution in [0.2, 0.25) is 0 Å². The number of H-pyrrole nitrogens is 1. The molecule has 2 aromatic rings. The summed E-state index contributed by atoms with van der Waals surface area (Å²) in [6.45, 7) is 6.83. The molecule has 4 nitrogen and oxygen atoms in total. The Labute approximate surface area is 80.2 Å². The molecule has 1 heterocycles. The number of rotatable bonds is 1. The van der Waals surface area contributed by atoms with E-state index in [1.165, 1.54) is 0 Å². The molecule has 0 aliphatic rings. The molecule has 0 bridgehead atoms. The quantitative estimate of drug-likeness (QED) is 0.654. The molecule has 0 atom stereocenters. The summed E-state index contributed by atoms with van der Waals surface area (Å²) in [5.74, 6) is -0.495. The van der Waals surface area contributed by atoms with Crippen LogP contribution in [0, 0.1) is 6.57 Å². The summed E-state index contributed by atoms with van der Waals surface area (Å²) in [4.78, 5) is 17.0. The Morgan fingerprint density at radius 2 is 2.21 bits per heavy atom. The molecule has 1 aromatic carbocycles. The Morgan fingerprint density at radius 1 is 1.43 bits per heavy atom. The van der Waals surface area contributed by atoms with Gasteiger partial charge in [0.25, 0.3) is 5.91 Å². The Balaban J connectivity index is 2.67. The van der Waals surface area contributed by atoms with Gasteiger partial charge >= 0.3 is 0 Å². The van der Waals surface area contributed by atoms with Gasteiger partial charge in [0.05, 0.1) is 6.57 Å². The molecule has 2 rings (SSSR count). The number of nitrogens with zero attached hydrogens (tertiary/aromatic N) is 1. The van der Waals surface area contributed by atoms with Crippen molar-refractivity contribution in [3.05, 3.63) is 41.4 Å². The lowest BCUT2D eigenvalue weighted by Gasteiger charge is -1.89. The maximum absolute atomic E-state index is 10.9. The third kappa shape index (κ3) is 1.21. The number of hydrogen-bond acceptors (Lipinski definition) is 1. The first kappa shape index (κ1) is 8.32. The van der Waals surface area contributed by atoms with Gasteiger partial charge in [-0.2, -0.15) is 0 Å². The van der Waals surface area contributed by atoms with Crippen LogP contribution in [0.15, 0.2) is 24.3 Å². The first-order valence-electron chi connectivity index (χ1n) is 4.01. The molecule has 0 radical (unpaired) electrons. The molecular formula is C10H7N3O. The van der Waals surface area contributed by atoms with E-state index in [2.05, 4.69) is 9.83 Å². The number of primary amides is 1. The molecule has 0 saturated heterocycles. The third-order valence-electron chi connectivity index (χ3n) is 2.00. The summed E-state index contributed by atoms with van der Waals surface area (Å²) in [5, 5.41) is 0.826. The van der Waals surface area contributed by atoms with Crippen LogP contribution in [-0.4, -0.2) is 10.9 Å². The monoisotopic (exact) mass is 185 g/mol. The largest absolute Gasteiger partial charge is 0.364 e. The second-order valence-electron chi connectivity index (χ2n) is 2.93. The van der Waals surface area contributed by atoms with Crippen LogP contribution in [0.4, 0.5) is 5.69 Å². The van der Waals surface area contributed by atoms with Crippen LogP contribution in [0.25, 0.3) is 15.7 Å². The van der Waals surface area contributed by atoms with Crippen LogP contribution in [-0.2, 0) is 0 Å². The van der Waals surface area contributed by atoms with E-state index in [-0.39, 0.29) is 0 Å². The minimum Gasteiger partial charge on any atom is -0.364 e. The highest BCUT2D eigenvalue weighted by Gasteiger charge is 2.05. The first-order chi connectivity index (χ1) is 6.70. The van der Waals surface area contributed by atoms with Crippen molar-refractivity contribution in [2.24, 2.45) is 5.73 Å². The fraction of sp³-hybridized carbons (Fsp3) is 0. The summed E-state index contributed by atoms with van der Waals surface area (Å²) >= 11 is 0. The van der Waals surface area contributed by atoms with Gasteiger partial charge < -0.3 is 10.7 Å². The fourth-order valence-electron chi connectivity index (χ4n) is 1.32. The summed E-state index contributed by atoms with van der Waals surface area (Å²) in [7, 11) is 0. The average molecular weight is 185 g/mol. The molecule has 1 amide bonds. The average Bonchev–Trinajstić information content (AvgIpc) is 2.59. The second kappa shape index (κ2) is 2.89. The van der Waals surface area contributed by atoms with E-state index in [0.717, 1.165) is 10.9 Å². The van der Waals surface area contributed by atoms with Crippen molar-refractivity contribution in [1.82, 2.24) is 4.98 Å². The lowest BCUT2D eigenvalue weighted by Crippen LogP contribution is -2.10. The molecule has 68 valence electrons. The molecule has 0 unspecified atom stereocenters. The number of nitrogens with one attached hydrogen (secondary N) is 1. The van der Waals surface area contributed by atoms with Crippen molar-refractivity contribution < 1.29 is 4.79 Å². The molecular weight excluding hydrogens is 178 g/mol. The van der Waals surface area contributed by atoms with Gasteiger partial charge in [-0.1, -0.05) is 6.07 Å². The first-order valence-corrected chi connectivity index (χ1v) is 4.01. The lowest BCUT2D eigenvalue weighted by molar-refractivity contribution is 0.0996. The summed E-state index contributed by atoms with van der Waals surface area (Å²) in [5.41, 5.74) is 6.84. The fourth-order valence-corrected chi connectivity index (χ4v) is 1.32. The number of aromatic amines is 1. The van der Waals surface area contributed by atoms with Gasteiger partial charge in [0, 0.05) is 5.52 Å². The van der Waals surface area contributed by atoms with E-state index in [4.69, 9.17) is 12.3 Å². The molecule has 0 spiro atoms. The maximum Gasteiger partial charge on any atom is 0.265 e. The Bertz CT molecular complexity index is 548. The van der Waals surface area contributed by atoms with Gasteiger partial charge in [-0.15, -0.1) is 0 Å². The van der Waals surface area contributed by atoms with Crippen molar-refractivity contribution in [2.45, 2.75) is 0 Å². The summed E-state index contributed by atoms with van der Waals surface area (Å²) in [6, 6.07) is 6.81. The molecule has 0 aliphatic carbocycles.